The zero-order chi connectivity index (χ0) is 12.8. The molecule has 0 fully saturated rings. The number of aryl methyl sites for hydroxylation is 3. The molecule has 0 saturated heterocycles. The Morgan fingerprint density at radius 2 is 2.39 bits per heavy atom. The molecule has 0 radical (unpaired) electrons. The van der Waals surface area contributed by atoms with Crippen molar-refractivity contribution in [2.24, 2.45) is 0 Å². The molecule has 2 aromatic rings. The quantitative estimate of drug-likeness (QED) is 0.791. The Balaban J connectivity index is 2.02. The number of nitrogens with zero attached hydrogens (tertiary/aromatic N) is 3. The number of imidazole rings is 1. The Bertz CT molecular complexity index is 502. The predicted molar refractivity (Wildman–Crippen MR) is 73.6 cm³/mol. The van der Waals surface area contributed by atoms with Gasteiger partial charge in [-0.3, -0.25) is 4.98 Å². The Kier molecular flexibility index (Phi) is 4.12. The standard InChI is InChI=1S/C14H18N4/c1-3-7-16-14-17-12(2)11-18(14)9-6-13-5-4-8-15-10-13/h3-5,8,10-11H,1,6-7,9H2,2H3,(H,16,17). The lowest BCUT2D eigenvalue weighted by Gasteiger charge is -2.08. The second-order valence-corrected chi connectivity index (χ2v) is 4.18. The van der Waals surface area contributed by atoms with Gasteiger partial charge in [0.2, 0.25) is 5.95 Å². The molecule has 0 aliphatic carbocycles. The average Bonchev–Trinajstić information content (AvgIpc) is 2.75. The number of hydrogen-bond donors (Lipinski definition) is 1. The van der Waals surface area contributed by atoms with Gasteiger partial charge in [0.1, 0.15) is 0 Å². The largest absolute Gasteiger partial charge is 0.352 e. The van der Waals surface area contributed by atoms with Gasteiger partial charge >= 0.3 is 0 Å². The summed E-state index contributed by atoms with van der Waals surface area (Å²) >= 11 is 0. The lowest BCUT2D eigenvalue weighted by atomic mass is 10.2. The van der Waals surface area contributed by atoms with E-state index in [1.54, 1.807) is 6.20 Å². The maximum absolute atomic E-state index is 4.45. The highest BCUT2D eigenvalue weighted by Gasteiger charge is 2.04. The van der Waals surface area contributed by atoms with Crippen molar-refractivity contribution < 1.29 is 0 Å². The minimum absolute atomic E-state index is 0.726. The number of hydrogen-bond acceptors (Lipinski definition) is 3. The van der Waals surface area contributed by atoms with Crippen LogP contribution in [0.3, 0.4) is 0 Å². The molecule has 18 heavy (non-hydrogen) atoms. The molecule has 4 nitrogen and oxygen atoms in total. The molecule has 1 N–H and O–H groups in total. The van der Waals surface area contributed by atoms with E-state index in [0.29, 0.717) is 0 Å². The van der Waals surface area contributed by atoms with Gasteiger partial charge in [-0.05, 0) is 25.0 Å². The molecule has 4 heteroatoms. The highest BCUT2D eigenvalue weighted by atomic mass is 15.2. The molecule has 0 unspecified atom stereocenters. The third-order valence-corrected chi connectivity index (χ3v) is 2.67. The molecule has 0 aromatic carbocycles. The van der Waals surface area contributed by atoms with Gasteiger partial charge in [0.15, 0.2) is 0 Å². The molecule has 0 atom stereocenters. The smallest absolute Gasteiger partial charge is 0.203 e. The molecule has 0 aliphatic heterocycles. The van der Waals surface area contributed by atoms with Crippen LogP contribution in [0.4, 0.5) is 5.95 Å². The first-order chi connectivity index (χ1) is 8.79. The maximum Gasteiger partial charge on any atom is 0.203 e. The van der Waals surface area contributed by atoms with E-state index in [9.17, 15) is 0 Å². The summed E-state index contributed by atoms with van der Waals surface area (Å²) in [6.45, 7) is 7.32. The minimum atomic E-state index is 0.726. The van der Waals surface area contributed by atoms with Crippen LogP contribution < -0.4 is 5.32 Å². The van der Waals surface area contributed by atoms with Crippen molar-refractivity contribution in [3.63, 3.8) is 0 Å². The first kappa shape index (κ1) is 12.4. The van der Waals surface area contributed by atoms with Gasteiger partial charge in [0, 0.05) is 31.7 Å². The van der Waals surface area contributed by atoms with Crippen LogP contribution in [0, 0.1) is 6.92 Å². The number of aromatic nitrogens is 3. The summed E-state index contributed by atoms with van der Waals surface area (Å²) in [6.07, 6.45) is 8.53. The van der Waals surface area contributed by atoms with Crippen molar-refractivity contribution in [3.05, 3.63) is 54.6 Å². The van der Waals surface area contributed by atoms with Crippen molar-refractivity contribution in [1.29, 1.82) is 0 Å². The van der Waals surface area contributed by atoms with Crippen molar-refractivity contribution in [1.82, 2.24) is 14.5 Å². The van der Waals surface area contributed by atoms with Crippen molar-refractivity contribution in [2.45, 2.75) is 19.9 Å². The SMILES string of the molecule is C=CCNc1nc(C)cn1CCc1cccnc1. The monoisotopic (exact) mass is 242 g/mol. The molecular formula is C14H18N4. The topological polar surface area (TPSA) is 42.7 Å². The first-order valence-electron chi connectivity index (χ1n) is 6.07. The highest BCUT2D eigenvalue weighted by Crippen LogP contribution is 2.10. The highest BCUT2D eigenvalue weighted by molar-refractivity contribution is 5.29. The maximum atomic E-state index is 4.45. The van der Waals surface area contributed by atoms with Gasteiger partial charge in [0.05, 0.1) is 5.69 Å². The number of pyridine rings is 1. The second kappa shape index (κ2) is 6.00. The molecule has 0 aliphatic rings. The fourth-order valence-corrected chi connectivity index (χ4v) is 1.82. The normalized spacial score (nSPS) is 10.3. The summed E-state index contributed by atoms with van der Waals surface area (Å²) in [4.78, 5) is 8.57. The molecule has 2 heterocycles. The van der Waals surface area contributed by atoms with Gasteiger partial charge in [-0.15, -0.1) is 6.58 Å². The Morgan fingerprint density at radius 3 is 3.11 bits per heavy atom. The summed E-state index contributed by atoms with van der Waals surface area (Å²) < 4.78 is 2.13. The van der Waals surface area contributed by atoms with Crippen LogP contribution in [0.1, 0.15) is 11.3 Å². The Morgan fingerprint density at radius 1 is 1.50 bits per heavy atom. The molecule has 0 amide bonds. The van der Waals surface area contributed by atoms with Crippen LogP contribution in [0.5, 0.6) is 0 Å². The van der Waals surface area contributed by atoms with Crippen LogP contribution in [0.25, 0.3) is 0 Å². The van der Waals surface area contributed by atoms with Gasteiger partial charge in [-0.1, -0.05) is 12.1 Å². The fourth-order valence-electron chi connectivity index (χ4n) is 1.82. The van der Waals surface area contributed by atoms with E-state index in [-0.39, 0.29) is 0 Å². The second-order valence-electron chi connectivity index (χ2n) is 4.18. The Hall–Kier alpha value is -2.10. The van der Waals surface area contributed by atoms with E-state index in [1.807, 2.05) is 25.3 Å². The van der Waals surface area contributed by atoms with Gasteiger partial charge in [-0.25, -0.2) is 4.98 Å². The first-order valence-corrected chi connectivity index (χ1v) is 6.07. The van der Waals surface area contributed by atoms with Gasteiger partial charge in [-0.2, -0.15) is 0 Å². The van der Waals surface area contributed by atoms with E-state index >= 15 is 0 Å². The van der Waals surface area contributed by atoms with Crippen molar-refractivity contribution in [3.8, 4) is 0 Å². The molecule has 94 valence electrons. The summed E-state index contributed by atoms with van der Waals surface area (Å²) in [5.41, 5.74) is 2.26. The fraction of sp³-hybridized carbons (Fsp3) is 0.286. The zero-order valence-electron chi connectivity index (χ0n) is 10.6. The van der Waals surface area contributed by atoms with Crippen LogP contribution >= 0.6 is 0 Å². The summed E-state index contributed by atoms with van der Waals surface area (Å²) in [5.74, 6) is 0.899. The average molecular weight is 242 g/mol. The van der Waals surface area contributed by atoms with Crippen LogP contribution in [0.2, 0.25) is 0 Å². The molecule has 0 bridgehead atoms. The Labute approximate surface area is 107 Å². The molecule has 2 aromatic heterocycles. The van der Waals surface area contributed by atoms with E-state index in [2.05, 4.69) is 38.7 Å². The summed E-state index contributed by atoms with van der Waals surface area (Å²) in [5, 5.41) is 3.24. The van der Waals surface area contributed by atoms with Crippen LogP contribution in [-0.4, -0.2) is 21.1 Å². The molecule has 0 saturated carbocycles. The van der Waals surface area contributed by atoms with E-state index in [1.165, 1.54) is 5.56 Å². The van der Waals surface area contributed by atoms with Crippen molar-refractivity contribution >= 4 is 5.95 Å². The lowest BCUT2D eigenvalue weighted by molar-refractivity contribution is 0.699. The number of anilines is 1. The molecule has 2 rings (SSSR count). The van der Waals surface area contributed by atoms with Gasteiger partial charge in [0.25, 0.3) is 0 Å². The van der Waals surface area contributed by atoms with Crippen LogP contribution in [-0.2, 0) is 13.0 Å². The number of rotatable bonds is 6. The van der Waals surface area contributed by atoms with Crippen molar-refractivity contribution in [2.75, 3.05) is 11.9 Å². The van der Waals surface area contributed by atoms with E-state index in [0.717, 1.165) is 31.2 Å². The molecule has 0 spiro atoms. The zero-order valence-corrected chi connectivity index (χ0v) is 10.6. The summed E-state index contributed by atoms with van der Waals surface area (Å²) in [6, 6.07) is 4.05. The molecular weight excluding hydrogens is 224 g/mol. The lowest BCUT2D eigenvalue weighted by Crippen LogP contribution is -2.08. The van der Waals surface area contributed by atoms with Crippen LogP contribution in [0.15, 0.2) is 43.4 Å². The third kappa shape index (κ3) is 3.20. The predicted octanol–water partition coefficient (Wildman–Crippen LogP) is 2.43. The third-order valence-electron chi connectivity index (χ3n) is 2.67. The van der Waals surface area contributed by atoms with E-state index in [4.69, 9.17) is 0 Å². The number of nitrogens with one attached hydrogen (secondary N) is 1. The summed E-state index contributed by atoms with van der Waals surface area (Å²) in [7, 11) is 0. The van der Waals surface area contributed by atoms with E-state index < -0.39 is 0 Å². The van der Waals surface area contributed by atoms with Gasteiger partial charge < -0.3 is 9.88 Å². The minimum Gasteiger partial charge on any atom is -0.352 e.